The Kier molecular flexibility index (Phi) is 1.68. The van der Waals surface area contributed by atoms with Crippen LogP contribution in [0.5, 0.6) is 0 Å². The summed E-state index contributed by atoms with van der Waals surface area (Å²) in [5, 5.41) is 19.8. The third kappa shape index (κ3) is 1.40. The van der Waals surface area contributed by atoms with Gasteiger partial charge in [-0.25, -0.2) is 0 Å². The topological polar surface area (TPSA) is 69.6 Å². The van der Waals surface area contributed by atoms with E-state index in [9.17, 15) is 4.79 Å². The van der Waals surface area contributed by atoms with E-state index in [1.54, 1.807) is 0 Å². The molecule has 4 nitrogen and oxygen atoms in total. The number of nitrogens with one attached hydrogen (secondary N) is 1. The van der Waals surface area contributed by atoms with Crippen molar-refractivity contribution in [3.63, 3.8) is 0 Å². The fraction of sp³-hybridized carbons (Fsp3) is 0.800. The lowest BCUT2D eigenvalue weighted by molar-refractivity contribution is -0.139. The zero-order valence-corrected chi connectivity index (χ0v) is 4.87. The minimum atomic E-state index is -0.883. The highest BCUT2D eigenvalue weighted by molar-refractivity contribution is 5.73. The summed E-state index contributed by atoms with van der Waals surface area (Å²) >= 11 is 0. The molecule has 2 atom stereocenters. The third-order valence-electron chi connectivity index (χ3n) is 1.41. The molecule has 0 aromatic carbocycles. The molecule has 1 unspecified atom stereocenters. The van der Waals surface area contributed by atoms with Crippen molar-refractivity contribution in [3.05, 3.63) is 0 Å². The second-order valence-electron chi connectivity index (χ2n) is 2.19. The number of aliphatic hydroxyl groups is 1. The predicted octanol–water partition coefficient (Wildman–Crippen LogP) is -1.21. The average Bonchev–Trinajstić information content (AvgIpc) is 2.14. The van der Waals surface area contributed by atoms with E-state index >= 15 is 0 Å². The van der Waals surface area contributed by atoms with Crippen LogP contribution in [0.3, 0.4) is 0 Å². The van der Waals surface area contributed by atoms with Crippen molar-refractivity contribution >= 4 is 5.97 Å². The highest BCUT2D eigenvalue weighted by Gasteiger charge is 2.27. The molecule has 0 bridgehead atoms. The summed E-state index contributed by atoms with van der Waals surface area (Å²) in [5.74, 6) is -0.883. The van der Waals surface area contributed by atoms with Crippen LogP contribution in [0, 0.1) is 0 Å². The van der Waals surface area contributed by atoms with Crippen molar-refractivity contribution in [2.75, 3.05) is 6.54 Å². The summed E-state index contributed by atoms with van der Waals surface area (Å²) in [6.07, 6.45) is -0.152. The van der Waals surface area contributed by atoms with Gasteiger partial charge in [0.2, 0.25) is 0 Å². The normalized spacial score (nSPS) is 34.8. The van der Waals surface area contributed by atoms with Crippen LogP contribution < -0.4 is 5.32 Å². The predicted molar refractivity (Wildman–Crippen MR) is 30.1 cm³/mol. The first-order valence-corrected chi connectivity index (χ1v) is 2.84. The molecule has 1 saturated heterocycles. The molecule has 1 aliphatic heterocycles. The Bertz CT molecular complexity index is 125. The minimum absolute atomic E-state index is 0.329. The van der Waals surface area contributed by atoms with Crippen LogP contribution in [0.25, 0.3) is 0 Å². The first kappa shape index (κ1) is 6.51. The van der Waals surface area contributed by atoms with Crippen LogP contribution in [-0.2, 0) is 4.79 Å². The van der Waals surface area contributed by atoms with Crippen LogP contribution >= 0.6 is 0 Å². The minimum Gasteiger partial charge on any atom is -0.480 e. The molecule has 0 aliphatic carbocycles. The van der Waals surface area contributed by atoms with E-state index in [2.05, 4.69) is 5.32 Å². The first-order valence-electron chi connectivity index (χ1n) is 2.84. The van der Waals surface area contributed by atoms with E-state index in [1.165, 1.54) is 0 Å². The highest BCUT2D eigenvalue weighted by Crippen LogP contribution is 2.05. The number of carboxylic acids is 1. The van der Waals surface area contributed by atoms with Gasteiger partial charge in [0.05, 0.1) is 6.10 Å². The van der Waals surface area contributed by atoms with Gasteiger partial charge in [-0.05, 0) is 0 Å². The van der Waals surface area contributed by atoms with Crippen molar-refractivity contribution in [2.24, 2.45) is 0 Å². The van der Waals surface area contributed by atoms with Gasteiger partial charge in [0.1, 0.15) is 6.04 Å². The number of hydrogen-bond donors (Lipinski definition) is 3. The number of carboxylic acid groups (broad SMARTS) is 1. The lowest BCUT2D eigenvalue weighted by atomic mass is 10.2. The lowest BCUT2D eigenvalue weighted by Crippen LogP contribution is -2.29. The first-order chi connectivity index (χ1) is 4.20. The Morgan fingerprint density at radius 2 is 2.33 bits per heavy atom. The van der Waals surface area contributed by atoms with Crippen LogP contribution in [0.1, 0.15) is 6.42 Å². The average molecular weight is 131 g/mol. The summed E-state index contributed by atoms with van der Waals surface area (Å²) in [5.41, 5.74) is 0. The Morgan fingerprint density at radius 3 is 2.56 bits per heavy atom. The van der Waals surface area contributed by atoms with Crippen LogP contribution in [0.4, 0.5) is 0 Å². The molecule has 52 valence electrons. The maximum absolute atomic E-state index is 10.2. The number of aliphatic carboxylic acids is 1. The molecule has 9 heavy (non-hydrogen) atoms. The molecule has 3 N–H and O–H groups in total. The van der Waals surface area contributed by atoms with Crippen LogP contribution in [0.15, 0.2) is 0 Å². The molecule has 1 rings (SSSR count). The highest BCUT2D eigenvalue weighted by atomic mass is 16.4. The summed E-state index contributed by atoms with van der Waals surface area (Å²) in [6, 6.07) is -0.542. The lowest BCUT2D eigenvalue weighted by Gasteiger charge is -1.99. The van der Waals surface area contributed by atoms with Crippen LogP contribution in [-0.4, -0.2) is 34.9 Å². The summed E-state index contributed by atoms with van der Waals surface area (Å²) in [7, 11) is 0. The molecule has 1 heterocycles. The van der Waals surface area contributed by atoms with Gasteiger partial charge in [-0.15, -0.1) is 0 Å². The summed E-state index contributed by atoms with van der Waals surface area (Å²) in [6.45, 7) is 0.400. The van der Waals surface area contributed by atoms with Crippen LogP contribution in [0.2, 0.25) is 0 Å². The molecular weight excluding hydrogens is 122 g/mol. The summed E-state index contributed by atoms with van der Waals surface area (Å²) in [4.78, 5) is 10.2. The Hall–Kier alpha value is -0.610. The number of hydrogen-bond acceptors (Lipinski definition) is 3. The van der Waals surface area contributed by atoms with E-state index < -0.39 is 18.1 Å². The third-order valence-corrected chi connectivity index (χ3v) is 1.41. The number of β-amino-alcohol motifs (C(OH)–C–C–N with tert-alkyl or cyclic N) is 1. The number of carbonyl (C=O) groups is 1. The number of aliphatic hydroxyl groups excluding tert-OH is 1. The van der Waals surface area contributed by atoms with E-state index in [4.69, 9.17) is 10.2 Å². The van der Waals surface area contributed by atoms with Gasteiger partial charge in [0, 0.05) is 13.0 Å². The van der Waals surface area contributed by atoms with Gasteiger partial charge >= 0.3 is 5.97 Å². The van der Waals surface area contributed by atoms with E-state index in [0.717, 1.165) is 0 Å². The SMILES string of the molecule is O=C(O)C1C[C@@H](O)CN1. The zero-order chi connectivity index (χ0) is 6.85. The Morgan fingerprint density at radius 1 is 1.67 bits per heavy atom. The molecule has 0 aromatic rings. The van der Waals surface area contributed by atoms with Crippen molar-refractivity contribution in [2.45, 2.75) is 18.6 Å². The van der Waals surface area contributed by atoms with Gasteiger partial charge in [-0.3, -0.25) is 4.79 Å². The number of rotatable bonds is 1. The maximum Gasteiger partial charge on any atom is 0.320 e. The summed E-state index contributed by atoms with van der Waals surface area (Å²) < 4.78 is 0. The molecular formula is C5H9NO3. The molecule has 1 aliphatic rings. The van der Waals surface area contributed by atoms with Gasteiger partial charge in [0.15, 0.2) is 0 Å². The fourth-order valence-corrected chi connectivity index (χ4v) is 0.905. The fourth-order valence-electron chi connectivity index (χ4n) is 0.905. The zero-order valence-electron chi connectivity index (χ0n) is 4.87. The smallest absolute Gasteiger partial charge is 0.320 e. The van der Waals surface area contributed by atoms with Gasteiger partial charge in [-0.2, -0.15) is 0 Å². The molecule has 0 radical (unpaired) electrons. The van der Waals surface area contributed by atoms with Crippen molar-refractivity contribution in [3.8, 4) is 0 Å². The molecule has 0 amide bonds. The van der Waals surface area contributed by atoms with Crippen molar-refractivity contribution in [1.29, 1.82) is 0 Å². The van der Waals surface area contributed by atoms with E-state index in [1.807, 2.05) is 0 Å². The van der Waals surface area contributed by atoms with Gasteiger partial charge < -0.3 is 15.5 Å². The quantitative estimate of drug-likeness (QED) is 0.418. The standard InChI is InChI=1S/C5H9NO3/c7-3-1-4(5(8)9)6-2-3/h3-4,6-7H,1-2H2,(H,8,9)/t3-,4?/m1/s1. The van der Waals surface area contributed by atoms with E-state index in [0.29, 0.717) is 13.0 Å². The molecule has 4 heteroatoms. The monoisotopic (exact) mass is 131 g/mol. The van der Waals surface area contributed by atoms with E-state index in [-0.39, 0.29) is 0 Å². The Labute approximate surface area is 52.5 Å². The van der Waals surface area contributed by atoms with Gasteiger partial charge in [0.25, 0.3) is 0 Å². The molecule has 0 aromatic heterocycles. The van der Waals surface area contributed by atoms with Gasteiger partial charge in [-0.1, -0.05) is 0 Å². The molecule has 0 spiro atoms. The molecule has 0 saturated carbocycles. The van der Waals surface area contributed by atoms with Crippen molar-refractivity contribution < 1.29 is 15.0 Å². The largest absolute Gasteiger partial charge is 0.480 e. The second kappa shape index (κ2) is 2.33. The van der Waals surface area contributed by atoms with Crippen molar-refractivity contribution in [1.82, 2.24) is 5.32 Å². The maximum atomic E-state index is 10.2. The Balaban J connectivity index is 2.39. The second-order valence-corrected chi connectivity index (χ2v) is 2.19. The molecule has 1 fully saturated rings.